The van der Waals surface area contributed by atoms with Gasteiger partial charge in [0, 0.05) is 8.95 Å². The molecule has 4 aromatic rings. The molecule has 0 bridgehead atoms. The minimum absolute atomic E-state index is 0.0495. The van der Waals surface area contributed by atoms with Crippen molar-refractivity contribution in [2.24, 2.45) is 0 Å². The quantitative estimate of drug-likeness (QED) is 0.221. The SMILES string of the molecule is O=S(=O)(Oc1ccc(-c2ccc(OS(=O)(=O)c3ccc(Br)cc3)cc2)cc1)c1ccc(Br)cc1. The first kappa shape index (κ1) is 24.5. The van der Waals surface area contributed by atoms with Gasteiger partial charge in [-0.25, -0.2) is 0 Å². The molecule has 0 fully saturated rings. The Balaban J connectivity index is 1.46. The largest absolute Gasteiger partial charge is 0.379 e. The van der Waals surface area contributed by atoms with Crippen molar-refractivity contribution in [3.8, 4) is 22.6 Å². The number of hydrogen-bond donors (Lipinski definition) is 0. The molecule has 0 saturated heterocycles. The summed E-state index contributed by atoms with van der Waals surface area (Å²) < 4.78 is 61.7. The van der Waals surface area contributed by atoms with Crippen LogP contribution in [0.25, 0.3) is 11.1 Å². The van der Waals surface area contributed by atoms with Crippen LogP contribution >= 0.6 is 31.9 Å². The standard InChI is InChI=1S/C24H16Br2O6S2/c25-19-5-13-23(14-6-19)33(27,28)31-21-9-1-17(2-10-21)18-3-11-22(12-4-18)32-34(29,30)24-15-7-20(26)8-16-24/h1-16H. The fourth-order valence-corrected chi connectivity index (χ4v) is 5.35. The van der Waals surface area contributed by atoms with E-state index in [1.165, 1.54) is 24.3 Å². The smallest absolute Gasteiger partial charge is 0.339 e. The molecule has 0 N–H and O–H groups in total. The van der Waals surface area contributed by atoms with Gasteiger partial charge in [0.2, 0.25) is 0 Å². The number of benzene rings is 4. The maximum absolute atomic E-state index is 12.4. The molecule has 0 aromatic heterocycles. The lowest BCUT2D eigenvalue weighted by Crippen LogP contribution is -2.09. The summed E-state index contributed by atoms with van der Waals surface area (Å²) in [6.45, 7) is 0. The molecule has 0 heterocycles. The predicted molar refractivity (Wildman–Crippen MR) is 136 cm³/mol. The van der Waals surface area contributed by atoms with E-state index in [1.807, 2.05) is 0 Å². The van der Waals surface area contributed by atoms with E-state index in [1.54, 1.807) is 72.8 Å². The first-order valence-corrected chi connectivity index (χ1v) is 14.1. The topological polar surface area (TPSA) is 86.7 Å². The molecule has 0 unspecified atom stereocenters. The van der Waals surface area contributed by atoms with E-state index in [9.17, 15) is 16.8 Å². The van der Waals surface area contributed by atoms with Gasteiger partial charge in [0.25, 0.3) is 0 Å². The van der Waals surface area contributed by atoms with E-state index < -0.39 is 20.2 Å². The van der Waals surface area contributed by atoms with E-state index in [0.717, 1.165) is 20.1 Å². The van der Waals surface area contributed by atoms with Crippen LogP contribution in [0, 0.1) is 0 Å². The van der Waals surface area contributed by atoms with E-state index in [4.69, 9.17) is 8.37 Å². The molecular formula is C24H16Br2O6S2. The molecule has 174 valence electrons. The van der Waals surface area contributed by atoms with Gasteiger partial charge in [-0.1, -0.05) is 56.1 Å². The van der Waals surface area contributed by atoms with Crippen LogP contribution in [-0.4, -0.2) is 16.8 Å². The van der Waals surface area contributed by atoms with E-state index >= 15 is 0 Å². The van der Waals surface area contributed by atoms with Crippen LogP contribution in [0.3, 0.4) is 0 Å². The highest BCUT2D eigenvalue weighted by atomic mass is 79.9. The van der Waals surface area contributed by atoms with Crippen LogP contribution in [0.4, 0.5) is 0 Å². The maximum atomic E-state index is 12.4. The summed E-state index contributed by atoms with van der Waals surface area (Å²) in [4.78, 5) is 0.0990. The lowest BCUT2D eigenvalue weighted by molar-refractivity contribution is 0.484. The van der Waals surface area contributed by atoms with E-state index in [2.05, 4.69) is 31.9 Å². The van der Waals surface area contributed by atoms with Crippen molar-refractivity contribution in [1.29, 1.82) is 0 Å². The van der Waals surface area contributed by atoms with Crippen LogP contribution in [-0.2, 0) is 20.2 Å². The fraction of sp³-hybridized carbons (Fsp3) is 0. The van der Waals surface area contributed by atoms with Gasteiger partial charge in [-0.3, -0.25) is 0 Å². The van der Waals surface area contributed by atoms with Gasteiger partial charge in [0.1, 0.15) is 21.3 Å². The monoisotopic (exact) mass is 622 g/mol. The Morgan fingerprint density at radius 2 is 0.735 bits per heavy atom. The number of halogens is 2. The molecule has 4 aromatic carbocycles. The molecule has 0 aliphatic carbocycles. The van der Waals surface area contributed by atoms with Crippen molar-refractivity contribution < 1.29 is 25.2 Å². The van der Waals surface area contributed by atoms with Crippen molar-refractivity contribution in [2.75, 3.05) is 0 Å². The van der Waals surface area contributed by atoms with Crippen LogP contribution in [0.15, 0.2) is 116 Å². The van der Waals surface area contributed by atoms with Crippen molar-refractivity contribution in [3.63, 3.8) is 0 Å². The Hall–Kier alpha value is -2.66. The second-order valence-corrected chi connectivity index (χ2v) is 12.0. The van der Waals surface area contributed by atoms with Gasteiger partial charge < -0.3 is 8.37 Å². The minimum Gasteiger partial charge on any atom is -0.379 e. The Kier molecular flexibility index (Phi) is 7.13. The third kappa shape index (κ3) is 5.87. The average molecular weight is 624 g/mol. The molecule has 6 nitrogen and oxygen atoms in total. The summed E-state index contributed by atoms with van der Waals surface area (Å²) in [5.41, 5.74) is 1.58. The minimum atomic E-state index is -3.95. The molecular weight excluding hydrogens is 608 g/mol. The Labute approximate surface area is 214 Å². The molecule has 34 heavy (non-hydrogen) atoms. The number of rotatable bonds is 7. The van der Waals surface area contributed by atoms with Gasteiger partial charge in [-0.05, 0) is 83.9 Å². The molecule has 0 radical (unpaired) electrons. The van der Waals surface area contributed by atoms with Crippen molar-refractivity contribution in [2.45, 2.75) is 9.79 Å². The van der Waals surface area contributed by atoms with Crippen molar-refractivity contribution >= 4 is 52.1 Å². The summed E-state index contributed by atoms with van der Waals surface area (Å²) in [7, 11) is -7.91. The first-order chi connectivity index (χ1) is 16.1. The summed E-state index contributed by atoms with van der Waals surface area (Å²) >= 11 is 6.53. The van der Waals surface area contributed by atoms with Gasteiger partial charge in [0.05, 0.1) is 0 Å². The van der Waals surface area contributed by atoms with E-state index in [-0.39, 0.29) is 21.3 Å². The van der Waals surface area contributed by atoms with Crippen LogP contribution in [0.1, 0.15) is 0 Å². The van der Waals surface area contributed by atoms with Crippen LogP contribution in [0.5, 0.6) is 11.5 Å². The Morgan fingerprint density at radius 3 is 1.03 bits per heavy atom. The normalized spacial score (nSPS) is 11.7. The highest BCUT2D eigenvalue weighted by Crippen LogP contribution is 2.28. The third-order valence-corrected chi connectivity index (χ3v) is 8.24. The summed E-state index contributed by atoms with van der Waals surface area (Å²) in [6.07, 6.45) is 0. The average Bonchev–Trinajstić information content (AvgIpc) is 2.80. The molecule has 0 spiro atoms. The zero-order valence-electron chi connectivity index (χ0n) is 17.3. The molecule has 0 aliphatic rings. The maximum Gasteiger partial charge on any atom is 0.339 e. The highest BCUT2D eigenvalue weighted by molar-refractivity contribution is 9.10. The Morgan fingerprint density at radius 1 is 0.441 bits per heavy atom. The molecule has 0 amide bonds. The van der Waals surface area contributed by atoms with Gasteiger partial charge >= 0.3 is 20.2 Å². The lowest BCUT2D eigenvalue weighted by atomic mass is 10.1. The second-order valence-electron chi connectivity index (χ2n) is 7.03. The van der Waals surface area contributed by atoms with Gasteiger partial charge in [-0.2, -0.15) is 16.8 Å². The van der Waals surface area contributed by atoms with E-state index in [0.29, 0.717) is 0 Å². The Bertz CT molecular complexity index is 1380. The van der Waals surface area contributed by atoms with Crippen molar-refractivity contribution in [1.82, 2.24) is 0 Å². The highest BCUT2D eigenvalue weighted by Gasteiger charge is 2.18. The lowest BCUT2D eigenvalue weighted by Gasteiger charge is -2.09. The molecule has 0 saturated carbocycles. The van der Waals surface area contributed by atoms with Crippen molar-refractivity contribution in [3.05, 3.63) is 106 Å². The third-order valence-electron chi connectivity index (χ3n) is 4.66. The zero-order chi connectivity index (χ0) is 24.3. The summed E-state index contributed by atoms with van der Waals surface area (Å²) in [6, 6.07) is 25.3. The van der Waals surface area contributed by atoms with Gasteiger partial charge in [-0.15, -0.1) is 0 Å². The van der Waals surface area contributed by atoms with Crippen LogP contribution in [0.2, 0.25) is 0 Å². The fourth-order valence-electron chi connectivity index (χ4n) is 2.96. The zero-order valence-corrected chi connectivity index (χ0v) is 22.1. The van der Waals surface area contributed by atoms with Crippen LogP contribution < -0.4 is 8.37 Å². The van der Waals surface area contributed by atoms with Gasteiger partial charge in [0.15, 0.2) is 0 Å². The molecule has 4 rings (SSSR count). The molecule has 0 atom stereocenters. The predicted octanol–water partition coefficient (Wildman–Crippen LogP) is 6.41. The number of hydrogen-bond acceptors (Lipinski definition) is 6. The summed E-state index contributed by atoms with van der Waals surface area (Å²) in [5, 5.41) is 0. The molecule has 0 aliphatic heterocycles. The summed E-state index contributed by atoms with van der Waals surface area (Å²) in [5.74, 6) is 0.347. The first-order valence-electron chi connectivity index (χ1n) is 9.73. The molecule has 10 heteroatoms. The second kappa shape index (κ2) is 9.91.